The standard InChI is InChI=1S/C11H25N5O2S/c1-19(17,18)14-9-5-8-13-11(16-12)15-10-6-3-2-4-7-10/h10,14H,2-9,12H2,1H3,(H2,13,15,16). The SMILES string of the molecule is CS(=O)(=O)NCCCN=C(NN)NC1CCCCC1. The molecular formula is C11H25N5O2S. The molecule has 0 amide bonds. The van der Waals surface area contributed by atoms with E-state index in [2.05, 4.69) is 20.5 Å². The quantitative estimate of drug-likeness (QED) is 0.176. The molecule has 19 heavy (non-hydrogen) atoms. The van der Waals surface area contributed by atoms with E-state index in [1.807, 2.05) is 0 Å². The molecule has 5 N–H and O–H groups in total. The van der Waals surface area contributed by atoms with Gasteiger partial charge in [-0.3, -0.25) is 10.4 Å². The van der Waals surface area contributed by atoms with E-state index < -0.39 is 10.0 Å². The predicted molar refractivity (Wildman–Crippen MR) is 77.1 cm³/mol. The van der Waals surface area contributed by atoms with E-state index >= 15 is 0 Å². The average molecular weight is 291 g/mol. The molecule has 0 aromatic carbocycles. The summed E-state index contributed by atoms with van der Waals surface area (Å²) in [5.41, 5.74) is 2.56. The van der Waals surface area contributed by atoms with Gasteiger partial charge in [0, 0.05) is 19.1 Å². The molecule has 8 heteroatoms. The van der Waals surface area contributed by atoms with Gasteiger partial charge in [0.15, 0.2) is 0 Å². The van der Waals surface area contributed by atoms with Crippen LogP contribution in [-0.4, -0.2) is 39.8 Å². The summed E-state index contributed by atoms with van der Waals surface area (Å²) < 4.78 is 24.1. The summed E-state index contributed by atoms with van der Waals surface area (Å²) in [5, 5.41) is 3.29. The van der Waals surface area contributed by atoms with Crippen molar-refractivity contribution in [3.8, 4) is 0 Å². The number of hydrogen-bond acceptors (Lipinski definition) is 4. The molecule has 0 unspecified atom stereocenters. The zero-order valence-electron chi connectivity index (χ0n) is 11.5. The maximum absolute atomic E-state index is 10.9. The summed E-state index contributed by atoms with van der Waals surface area (Å²) in [7, 11) is -3.11. The molecule has 0 spiro atoms. The molecule has 1 saturated carbocycles. The van der Waals surface area contributed by atoms with Gasteiger partial charge in [-0.05, 0) is 19.3 Å². The Balaban J connectivity index is 2.23. The molecule has 0 saturated heterocycles. The highest BCUT2D eigenvalue weighted by Crippen LogP contribution is 2.17. The van der Waals surface area contributed by atoms with Gasteiger partial charge in [-0.1, -0.05) is 19.3 Å². The summed E-state index contributed by atoms with van der Waals surface area (Å²) in [6.07, 6.45) is 7.88. The van der Waals surface area contributed by atoms with Crippen molar-refractivity contribution in [2.24, 2.45) is 10.8 Å². The molecule has 0 aliphatic heterocycles. The van der Waals surface area contributed by atoms with E-state index in [0.29, 0.717) is 31.5 Å². The van der Waals surface area contributed by atoms with Crippen molar-refractivity contribution in [2.45, 2.75) is 44.6 Å². The lowest BCUT2D eigenvalue weighted by atomic mass is 9.96. The van der Waals surface area contributed by atoms with E-state index in [0.717, 1.165) is 19.1 Å². The molecule has 1 aliphatic carbocycles. The molecule has 1 aliphatic rings. The molecule has 7 nitrogen and oxygen atoms in total. The van der Waals surface area contributed by atoms with E-state index in [9.17, 15) is 8.42 Å². The Morgan fingerprint density at radius 3 is 2.58 bits per heavy atom. The maximum atomic E-state index is 10.9. The zero-order chi connectivity index (χ0) is 14.1. The van der Waals surface area contributed by atoms with Crippen LogP contribution in [0, 0.1) is 0 Å². The van der Waals surface area contributed by atoms with E-state index in [4.69, 9.17) is 5.84 Å². The summed E-state index contributed by atoms with van der Waals surface area (Å²) in [5.74, 6) is 6.01. The number of aliphatic imine (C=N–C) groups is 1. The van der Waals surface area contributed by atoms with Crippen molar-refractivity contribution in [2.75, 3.05) is 19.3 Å². The van der Waals surface area contributed by atoms with Crippen molar-refractivity contribution < 1.29 is 8.42 Å². The number of sulfonamides is 1. The van der Waals surface area contributed by atoms with Crippen LogP contribution in [-0.2, 0) is 10.0 Å². The Labute approximate surface area is 115 Å². The van der Waals surface area contributed by atoms with Gasteiger partial charge in [-0.25, -0.2) is 19.0 Å². The average Bonchev–Trinajstić information content (AvgIpc) is 2.37. The van der Waals surface area contributed by atoms with Gasteiger partial charge in [0.2, 0.25) is 16.0 Å². The van der Waals surface area contributed by atoms with Crippen LogP contribution >= 0.6 is 0 Å². The second-order valence-corrected chi connectivity index (χ2v) is 6.71. The molecule has 112 valence electrons. The summed E-state index contributed by atoms with van der Waals surface area (Å²) in [6, 6.07) is 0.442. The molecule has 1 fully saturated rings. The van der Waals surface area contributed by atoms with Crippen molar-refractivity contribution in [3.63, 3.8) is 0 Å². The van der Waals surface area contributed by atoms with Crippen LogP contribution in [0.5, 0.6) is 0 Å². The van der Waals surface area contributed by atoms with Gasteiger partial charge < -0.3 is 5.32 Å². The fourth-order valence-corrected chi connectivity index (χ4v) is 2.62. The molecular weight excluding hydrogens is 266 g/mol. The summed E-state index contributed by atoms with van der Waals surface area (Å²) in [6.45, 7) is 0.922. The number of nitrogens with one attached hydrogen (secondary N) is 3. The monoisotopic (exact) mass is 291 g/mol. The number of nitrogens with zero attached hydrogens (tertiary/aromatic N) is 1. The Bertz CT molecular complexity index is 377. The third-order valence-electron chi connectivity index (χ3n) is 3.05. The first-order chi connectivity index (χ1) is 9.01. The second kappa shape index (κ2) is 8.34. The summed E-state index contributed by atoms with van der Waals surface area (Å²) >= 11 is 0. The largest absolute Gasteiger partial charge is 0.353 e. The van der Waals surface area contributed by atoms with Crippen molar-refractivity contribution in [1.82, 2.24) is 15.5 Å². The van der Waals surface area contributed by atoms with Crippen LogP contribution in [0.3, 0.4) is 0 Å². The van der Waals surface area contributed by atoms with Gasteiger partial charge in [-0.2, -0.15) is 0 Å². The molecule has 0 aromatic heterocycles. The van der Waals surface area contributed by atoms with Gasteiger partial charge in [0.05, 0.1) is 6.26 Å². The number of hydrogen-bond donors (Lipinski definition) is 4. The highest BCUT2D eigenvalue weighted by atomic mass is 32.2. The first-order valence-electron chi connectivity index (χ1n) is 6.73. The highest BCUT2D eigenvalue weighted by Gasteiger charge is 2.13. The highest BCUT2D eigenvalue weighted by molar-refractivity contribution is 7.88. The molecule has 0 heterocycles. The fraction of sp³-hybridized carbons (Fsp3) is 0.909. The smallest absolute Gasteiger partial charge is 0.208 e. The van der Waals surface area contributed by atoms with Gasteiger partial charge >= 0.3 is 0 Å². The normalized spacial score (nSPS) is 18.3. The summed E-state index contributed by atoms with van der Waals surface area (Å²) in [4.78, 5) is 4.29. The van der Waals surface area contributed by atoms with Crippen LogP contribution in [0.25, 0.3) is 0 Å². The Morgan fingerprint density at radius 1 is 1.32 bits per heavy atom. The number of nitrogens with two attached hydrogens (primary N) is 1. The zero-order valence-corrected chi connectivity index (χ0v) is 12.3. The molecule has 0 bridgehead atoms. The Kier molecular flexibility index (Phi) is 7.11. The van der Waals surface area contributed by atoms with Crippen LogP contribution in [0.4, 0.5) is 0 Å². The van der Waals surface area contributed by atoms with Crippen molar-refractivity contribution in [1.29, 1.82) is 0 Å². The maximum Gasteiger partial charge on any atom is 0.208 e. The first-order valence-corrected chi connectivity index (χ1v) is 8.62. The Hall–Kier alpha value is -0.860. The van der Waals surface area contributed by atoms with Gasteiger partial charge in [0.25, 0.3) is 0 Å². The lowest BCUT2D eigenvalue weighted by Crippen LogP contribution is -2.47. The van der Waals surface area contributed by atoms with Crippen molar-refractivity contribution >= 4 is 16.0 Å². The third kappa shape index (κ3) is 8.02. The van der Waals surface area contributed by atoms with Crippen LogP contribution in [0.1, 0.15) is 38.5 Å². The van der Waals surface area contributed by atoms with Crippen LogP contribution in [0.2, 0.25) is 0 Å². The Morgan fingerprint density at radius 2 is 2.00 bits per heavy atom. The third-order valence-corrected chi connectivity index (χ3v) is 3.78. The van der Waals surface area contributed by atoms with E-state index in [-0.39, 0.29) is 0 Å². The van der Waals surface area contributed by atoms with Gasteiger partial charge in [-0.15, -0.1) is 0 Å². The van der Waals surface area contributed by atoms with Crippen LogP contribution in [0.15, 0.2) is 4.99 Å². The van der Waals surface area contributed by atoms with Gasteiger partial charge in [0.1, 0.15) is 0 Å². The molecule has 1 rings (SSSR count). The predicted octanol–water partition coefficient (Wildman–Crippen LogP) is -0.333. The van der Waals surface area contributed by atoms with Crippen molar-refractivity contribution in [3.05, 3.63) is 0 Å². The molecule has 0 radical (unpaired) electrons. The topological polar surface area (TPSA) is 109 Å². The second-order valence-electron chi connectivity index (χ2n) is 4.87. The fourth-order valence-electron chi connectivity index (χ4n) is 2.10. The number of hydrazine groups is 1. The molecule has 0 atom stereocenters. The minimum Gasteiger partial charge on any atom is -0.353 e. The minimum absolute atomic E-state index is 0.392. The van der Waals surface area contributed by atoms with E-state index in [1.165, 1.54) is 19.3 Å². The van der Waals surface area contributed by atoms with Crippen LogP contribution < -0.4 is 21.3 Å². The molecule has 0 aromatic rings. The lowest BCUT2D eigenvalue weighted by molar-refractivity contribution is 0.410. The number of guanidine groups is 1. The minimum atomic E-state index is -3.11. The number of rotatable bonds is 6. The van der Waals surface area contributed by atoms with E-state index in [1.54, 1.807) is 0 Å². The lowest BCUT2D eigenvalue weighted by Gasteiger charge is -2.24. The first kappa shape index (κ1) is 16.2.